The third-order valence-electron chi connectivity index (χ3n) is 14.9. The maximum absolute atomic E-state index is 14.3. The zero-order valence-corrected chi connectivity index (χ0v) is 55.4. The van der Waals surface area contributed by atoms with E-state index in [2.05, 4.69) is 63.8 Å². The zero-order valence-electron chi connectivity index (χ0n) is 55.4. The summed E-state index contributed by atoms with van der Waals surface area (Å²) in [5, 5.41) is 92.1. The number of hydrogen-bond donors (Lipinski definition) is 20. The van der Waals surface area contributed by atoms with Crippen molar-refractivity contribution in [3.8, 4) is 11.5 Å². The van der Waals surface area contributed by atoms with E-state index in [4.69, 9.17) is 11.5 Å². The van der Waals surface area contributed by atoms with Gasteiger partial charge in [0.25, 0.3) is 0 Å². The summed E-state index contributed by atoms with van der Waals surface area (Å²) >= 11 is 0. The molecule has 1 aliphatic carbocycles. The van der Waals surface area contributed by atoms with Crippen molar-refractivity contribution in [2.45, 2.75) is 168 Å². The molecule has 34 heteroatoms. The van der Waals surface area contributed by atoms with Gasteiger partial charge in [-0.3, -0.25) is 67.1 Å². The predicted molar refractivity (Wildman–Crippen MR) is 345 cm³/mol. The first-order valence-corrected chi connectivity index (χ1v) is 31.4. The van der Waals surface area contributed by atoms with E-state index < -0.39 is 192 Å². The lowest BCUT2D eigenvalue weighted by molar-refractivity contribution is -0.141. The van der Waals surface area contributed by atoms with E-state index in [0.717, 1.165) is 12.1 Å². The minimum Gasteiger partial charge on any atom is -0.507 e. The second-order valence-corrected chi connectivity index (χ2v) is 25.0. The number of rotatable bonds is 42. The van der Waals surface area contributed by atoms with Crippen LogP contribution in [0.15, 0.2) is 24.3 Å². The highest BCUT2D eigenvalue weighted by molar-refractivity contribution is 6.33. The number of phenolic OH excluding ortho intramolecular Hbond substituents is 2. The maximum atomic E-state index is 14.3. The number of carbonyl (C=O) groups is 14. The molecule has 0 saturated carbocycles. The van der Waals surface area contributed by atoms with E-state index >= 15 is 0 Å². The number of fused-ring (bicyclic) bond motifs is 2. The lowest BCUT2D eigenvalue weighted by atomic mass is 9.81. The first kappa shape index (κ1) is 80.7. The SMILES string of the molecule is CC(C)C[C@H](NC(=O)[C@H](CC(C)C)NC(=O)[C@H](C)NC(=O)[C@H](CO)NC(=O)[C@H](CC(=O)O)NCCNc1ccc(NCCN[C@@H](CC(=O)O)C(=O)N[C@@H](CO)C(=O)N[C@@H](C)C(=O)N[C@@H](CC(C)C)C(=O)N[C@@H](CC(C)C)C(N)=O)c2c1C(=O)c1c(O)ccc(O)c1C2=O)C(N)=O. The fraction of sp³-hybridized carbons (Fsp3) is 0.581. The van der Waals surface area contributed by atoms with Gasteiger partial charge in [0.2, 0.25) is 70.6 Å². The first-order chi connectivity index (χ1) is 44.9. The number of carboxylic acid groups (broad SMARTS) is 2. The molecule has 532 valence electrons. The van der Waals surface area contributed by atoms with Gasteiger partial charge in [-0.2, -0.15) is 0 Å². The molecule has 0 bridgehead atoms. The average Bonchev–Trinajstić information content (AvgIpc) is 0.733. The number of primary amides is 2. The van der Waals surface area contributed by atoms with Crippen molar-refractivity contribution in [3.05, 3.63) is 46.5 Å². The number of aliphatic hydroxyl groups is 2. The third kappa shape index (κ3) is 24.7. The Morgan fingerprint density at radius 3 is 0.917 bits per heavy atom. The number of aliphatic hydroxyl groups excluding tert-OH is 2. The summed E-state index contributed by atoms with van der Waals surface area (Å²) < 4.78 is 0. The minimum atomic E-state index is -1.74. The molecule has 0 saturated heterocycles. The van der Waals surface area contributed by atoms with Crippen LogP contribution in [0.4, 0.5) is 11.4 Å². The quantitative estimate of drug-likeness (QED) is 0.0194. The van der Waals surface area contributed by atoms with E-state index in [9.17, 15) is 97.8 Å². The number of carboxylic acids is 2. The largest absolute Gasteiger partial charge is 0.507 e. The van der Waals surface area contributed by atoms with E-state index in [0.29, 0.717) is 0 Å². The van der Waals surface area contributed by atoms with Crippen LogP contribution in [-0.4, -0.2) is 213 Å². The lowest BCUT2D eigenvalue weighted by Crippen LogP contribution is -2.59. The van der Waals surface area contributed by atoms with Gasteiger partial charge >= 0.3 is 11.9 Å². The highest BCUT2D eigenvalue weighted by atomic mass is 16.4. The number of nitrogens with one attached hydrogen (secondary N) is 12. The molecule has 0 aliphatic heterocycles. The van der Waals surface area contributed by atoms with Crippen LogP contribution in [-0.2, 0) is 57.5 Å². The second-order valence-electron chi connectivity index (χ2n) is 25.0. The van der Waals surface area contributed by atoms with Crippen LogP contribution in [0.3, 0.4) is 0 Å². The second kappa shape index (κ2) is 38.1. The van der Waals surface area contributed by atoms with Gasteiger partial charge in [-0.25, -0.2) is 0 Å². The molecule has 10 atom stereocenters. The van der Waals surface area contributed by atoms with Gasteiger partial charge in [0.1, 0.15) is 59.8 Å². The molecule has 22 N–H and O–H groups in total. The Bertz CT molecular complexity index is 2970. The number of aromatic hydroxyl groups is 2. The van der Waals surface area contributed by atoms with Gasteiger partial charge in [-0.05, 0) is 87.5 Å². The van der Waals surface area contributed by atoms with Crippen LogP contribution in [0.5, 0.6) is 11.5 Å². The van der Waals surface area contributed by atoms with Crippen molar-refractivity contribution >= 4 is 94.0 Å². The van der Waals surface area contributed by atoms with E-state index in [1.165, 1.54) is 26.0 Å². The van der Waals surface area contributed by atoms with Crippen molar-refractivity contribution < 1.29 is 97.8 Å². The standard InChI is InChI=1S/C62H94N14O20/c1-27(2)19-35(53(63)87)71-59(93)39(21-29(5)6)73-55(89)31(9)69-61(95)41(25-77)75-57(91)37(23-45(81)82)67-17-15-65-33-11-12-34(48-47(33)51(85)49-43(79)13-14-44(80)50(49)52(48)86)66-16-18-68-38(24-46(83)84)58(92)76-42(26-78)62(96)70-32(10)56(90)74-40(22-30(7)8)60(94)72-36(54(64)88)20-28(3)4/h11-14,27-32,35-42,65-68,77-80H,15-26H2,1-10H3,(H2,63,87)(H2,64,88)(H,69,95)(H,70,96)(H,71,93)(H,72,94)(H,73,89)(H,74,90)(H,75,91)(H,76,92)(H,81,82)(H,83,84)/t31-,32-,35-,36-,37-,38-,39-,40-,41-,42-/m0/s1. The molecular formula is C62H94N14O20. The van der Waals surface area contributed by atoms with Gasteiger partial charge in [0, 0.05) is 37.6 Å². The Kier molecular flexibility index (Phi) is 32.0. The molecular weight excluding hydrogens is 1260 g/mol. The molecule has 0 unspecified atom stereocenters. The monoisotopic (exact) mass is 1350 g/mol. The van der Waals surface area contributed by atoms with Crippen molar-refractivity contribution in [3.63, 3.8) is 0 Å². The van der Waals surface area contributed by atoms with Crippen molar-refractivity contribution in [2.24, 2.45) is 35.1 Å². The molecule has 10 amide bonds. The summed E-state index contributed by atoms with van der Waals surface area (Å²) in [6.07, 6.45) is -1.03. The fourth-order valence-electron chi connectivity index (χ4n) is 10.1. The van der Waals surface area contributed by atoms with Gasteiger partial charge in [-0.1, -0.05) is 55.4 Å². The summed E-state index contributed by atoms with van der Waals surface area (Å²) in [7, 11) is 0. The Morgan fingerprint density at radius 1 is 0.365 bits per heavy atom. The number of aliphatic carboxylic acids is 2. The average molecular weight is 1360 g/mol. The fourth-order valence-corrected chi connectivity index (χ4v) is 10.1. The summed E-state index contributed by atoms with van der Waals surface area (Å²) in [5.41, 5.74) is 9.13. The first-order valence-electron chi connectivity index (χ1n) is 31.4. The molecule has 2 aromatic carbocycles. The number of benzene rings is 2. The molecule has 3 rings (SSSR count). The number of nitrogens with two attached hydrogens (primary N) is 2. The van der Waals surface area contributed by atoms with E-state index in [1.807, 2.05) is 27.7 Å². The summed E-state index contributed by atoms with van der Waals surface area (Å²) in [5.74, 6) is -15.4. The molecule has 1 aliphatic rings. The smallest absolute Gasteiger partial charge is 0.305 e. The van der Waals surface area contributed by atoms with E-state index in [-0.39, 0.29) is 98.0 Å². The number of amides is 10. The number of phenols is 2. The van der Waals surface area contributed by atoms with Crippen molar-refractivity contribution in [1.82, 2.24) is 53.2 Å². The molecule has 2 aromatic rings. The van der Waals surface area contributed by atoms with Crippen molar-refractivity contribution in [2.75, 3.05) is 50.0 Å². The van der Waals surface area contributed by atoms with Crippen molar-refractivity contribution in [1.29, 1.82) is 0 Å². The van der Waals surface area contributed by atoms with Crippen LogP contribution in [0.2, 0.25) is 0 Å². The van der Waals surface area contributed by atoms with Crippen LogP contribution >= 0.6 is 0 Å². The maximum Gasteiger partial charge on any atom is 0.305 e. The Labute approximate surface area is 554 Å². The number of carbonyl (C=O) groups excluding carboxylic acids is 12. The third-order valence-corrected chi connectivity index (χ3v) is 14.9. The van der Waals surface area contributed by atoms with Gasteiger partial charge in [-0.15, -0.1) is 0 Å². The Balaban J connectivity index is 1.76. The summed E-state index contributed by atoms with van der Waals surface area (Å²) in [6.45, 7) is 13.9. The summed E-state index contributed by atoms with van der Waals surface area (Å²) in [4.78, 5) is 184. The molecule has 0 heterocycles. The lowest BCUT2D eigenvalue weighted by Gasteiger charge is -2.26. The number of anilines is 2. The topological polar surface area (TPSA) is 557 Å². The van der Waals surface area contributed by atoms with Crippen LogP contribution in [0.25, 0.3) is 0 Å². The molecule has 0 spiro atoms. The molecule has 96 heavy (non-hydrogen) atoms. The number of hydrogen-bond acceptors (Lipinski definition) is 22. The summed E-state index contributed by atoms with van der Waals surface area (Å²) in [6, 6.07) is -9.11. The molecule has 0 fully saturated rings. The van der Waals surface area contributed by atoms with Crippen LogP contribution in [0, 0.1) is 23.7 Å². The molecule has 0 aromatic heterocycles. The zero-order chi connectivity index (χ0) is 72.6. The number of ketones is 2. The normalized spacial score (nSPS) is 15.0. The molecule has 34 nitrogen and oxygen atoms in total. The highest BCUT2D eigenvalue weighted by Crippen LogP contribution is 2.42. The van der Waals surface area contributed by atoms with Gasteiger partial charge < -0.3 is 106 Å². The van der Waals surface area contributed by atoms with Gasteiger partial charge in [0.05, 0.1) is 60.4 Å². The predicted octanol–water partition coefficient (Wildman–Crippen LogP) is -3.38. The minimum absolute atomic E-state index is 0.0183. The van der Waals surface area contributed by atoms with Crippen LogP contribution in [0.1, 0.15) is 140 Å². The Morgan fingerprint density at radius 2 is 0.635 bits per heavy atom. The molecule has 0 radical (unpaired) electrons. The van der Waals surface area contributed by atoms with Crippen LogP contribution < -0.4 is 75.3 Å². The van der Waals surface area contributed by atoms with E-state index in [1.54, 1.807) is 27.7 Å². The highest BCUT2D eigenvalue weighted by Gasteiger charge is 2.39. The Hall–Kier alpha value is -9.54. The van der Waals surface area contributed by atoms with Gasteiger partial charge in [0.15, 0.2) is 0 Å².